The van der Waals surface area contributed by atoms with Crippen LogP contribution in [0, 0.1) is 5.92 Å². The maximum Gasteiger partial charge on any atom is 0.416 e. The molecule has 2 amide bonds. The average molecular weight is 467 g/mol. The Bertz CT molecular complexity index is 876. The summed E-state index contributed by atoms with van der Waals surface area (Å²) in [4.78, 5) is 25.0. The van der Waals surface area contributed by atoms with Crippen LogP contribution < -0.4 is 10.6 Å². The predicted octanol–water partition coefficient (Wildman–Crippen LogP) is 3.98. The Morgan fingerprint density at radius 1 is 0.939 bits per heavy atom. The van der Waals surface area contributed by atoms with E-state index in [9.17, 15) is 27.9 Å². The Labute approximate surface area is 191 Å². The fourth-order valence-corrected chi connectivity index (χ4v) is 3.20. The van der Waals surface area contributed by atoms with E-state index in [1.165, 1.54) is 0 Å². The lowest BCUT2D eigenvalue weighted by Crippen LogP contribution is -2.56. The number of carbonyl (C=O) groups excluding carboxylic acids is 2. The molecule has 3 N–H and O–H groups in total. The number of rotatable bonds is 10. The van der Waals surface area contributed by atoms with Crippen molar-refractivity contribution in [2.75, 3.05) is 0 Å². The fraction of sp³-hybridized carbons (Fsp3) is 0.417. The number of benzene rings is 2. The summed E-state index contributed by atoms with van der Waals surface area (Å²) >= 11 is 0. The zero-order chi connectivity index (χ0) is 24.4. The number of aliphatic hydroxyl groups is 1. The first-order chi connectivity index (χ1) is 15.6. The second-order valence-electron chi connectivity index (χ2n) is 8.05. The van der Waals surface area contributed by atoms with E-state index in [1.807, 2.05) is 6.07 Å². The van der Waals surface area contributed by atoms with Gasteiger partial charge in [0.15, 0.2) is 6.10 Å². The monoisotopic (exact) mass is 466 g/mol. The van der Waals surface area contributed by atoms with E-state index in [4.69, 9.17) is 4.74 Å². The predicted molar refractivity (Wildman–Crippen MR) is 117 cm³/mol. The number of alkyl halides is 3. The smallest absolute Gasteiger partial charge is 0.416 e. The van der Waals surface area contributed by atoms with Gasteiger partial charge in [0, 0.05) is 0 Å². The summed E-state index contributed by atoms with van der Waals surface area (Å²) in [7, 11) is 0. The highest BCUT2D eigenvalue weighted by atomic mass is 19.4. The Morgan fingerprint density at radius 3 is 2.00 bits per heavy atom. The second kappa shape index (κ2) is 12.2. The van der Waals surface area contributed by atoms with Crippen molar-refractivity contribution in [1.82, 2.24) is 10.6 Å². The van der Waals surface area contributed by atoms with Crippen molar-refractivity contribution >= 4 is 12.0 Å². The molecule has 33 heavy (non-hydrogen) atoms. The third kappa shape index (κ3) is 8.76. The van der Waals surface area contributed by atoms with Gasteiger partial charge in [-0.3, -0.25) is 4.79 Å². The minimum atomic E-state index is -4.91. The molecular formula is C24H29F3N2O4. The van der Waals surface area contributed by atoms with Crippen molar-refractivity contribution in [3.63, 3.8) is 0 Å². The van der Waals surface area contributed by atoms with Crippen molar-refractivity contribution < 1.29 is 32.6 Å². The minimum absolute atomic E-state index is 0.0222. The molecule has 0 heterocycles. The molecule has 0 aliphatic carbocycles. The number of aryl methyl sites for hydroxylation is 1. The maximum atomic E-state index is 13.2. The van der Waals surface area contributed by atoms with E-state index in [0.717, 1.165) is 11.1 Å². The van der Waals surface area contributed by atoms with Crippen molar-refractivity contribution in [2.45, 2.75) is 57.7 Å². The highest BCUT2D eigenvalue weighted by Crippen LogP contribution is 2.25. The quantitative estimate of drug-likeness (QED) is 0.494. The molecule has 0 aliphatic heterocycles. The molecule has 2 aromatic carbocycles. The first kappa shape index (κ1) is 26.2. The molecule has 6 nitrogen and oxygen atoms in total. The van der Waals surface area contributed by atoms with Crippen LogP contribution in [0.2, 0.25) is 0 Å². The summed E-state index contributed by atoms with van der Waals surface area (Å²) < 4.78 is 44.8. The Balaban J connectivity index is 2.03. The molecule has 2 aromatic rings. The number of hydrogen-bond acceptors (Lipinski definition) is 4. The molecule has 0 saturated heterocycles. The summed E-state index contributed by atoms with van der Waals surface area (Å²) in [5.41, 5.74) is 1.52. The molecule has 2 rings (SSSR count). The highest BCUT2D eigenvalue weighted by molar-refractivity contribution is 5.86. The van der Waals surface area contributed by atoms with E-state index in [-0.39, 0.29) is 19.4 Å². The van der Waals surface area contributed by atoms with Gasteiger partial charge >= 0.3 is 12.3 Å². The molecule has 9 heteroatoms. The van der Waals surface area contributed by atoms with Crippen LogP contribution in [0.15, 0.2) is 60.7 Å². The second-order valence-corrected chi connectivity index (χ2v) is 8.05. The van der Waals surface area contributed by atoms with Crippen molar-refractivity contribution in [3.8, 4) is 0 Å². The van der Waals surface area contributed by atoms with Gasteiger partial charge in [-0.15, -0.1) is 0 Å². The van der Waals surface area contributed by atoms with Crippen molar-refractivity contribution in [2.24, 2.45) is 5.92 Å². The van der Waals surface area contributed by atoms with Crippen LogP contribution in [0.3, 0.4) is 0 Å². The summed E-state index contributed by atoms with van der Waals surface area (Å²) in [5, 5.41) is 14.5. The summed E-state index contributed by atoms with van der Waals surface area (Å²) in [6, 6.07) is 15.0. The summed E-state index contributed by atoms with van der Waals surface area (Å²) in [6.45, 7) is 3.26. The fourth-order valence-electron chi connectivity index (χ4n) is 3.20. The molecule has 0 bridgehead atoms. The normalized spacial score (nSPS) is 14.3. The van der Waals surface area contributed by atoms with Crippen LogP contribution in [0.25, 0.3) is 0 Å². The molecule has 0 aliphatic rings. The summed E-state index contributed by atoms with van der Waals surface area (Å²) in [5.74, 6) is -1.27. The van der Waals surface area contributed by atoms with Gasteiger partial charge in [-0.25, -0.2) is 4.79 Å². The number of alkyl carbamates (subject to hydrolysis) is 1. The van der Waals surface area contributed by atoms with Gasteiger partial charge in [-0.2, -0.15) is 13.2 Å². The third-order valence-corrected chi connectivity index (χ3v) is 5.07. The topological polar surface area (TPSA) is 87.7 Å². The van der Waals surface area contributed by atoms with Crippen LogP contribution in [0.5, 0.6) is 0 Å². The zero-order valence-corrected chi connectivity index (χ0v) is 18.5. The number of ether oxygens (including phenoxy) is 1. The number of hydrogen-bond donors (Lipinski definition) is 3. The number of aliphatic hydroxyl groups excluding tert-OH is 1. The molecule has 0 unspecified atom stereocenters. The average Bonchev–Trinajstić information content (AvgIpc) is 2.78. The molecule has 3 atom stereocenters. The maximum absolute atomic E-state index is 13.2. The first-order valence-corrected chi connectivity index (χ1v) is 10.6. The number of nitrogens with one attached hydrogen (secondary N) is 2. The van der Waals surface area contributed by atoms with E-state index in [2.05, 4.69) is 10.6 Å². The van der Waals surface area contributed by atoms with Crippen LogP contribution in [0.4, 0.5) is 18.0 Å². The van der Waals surface area contributed by atoms with Gasteiger partial charge in [-0.1, -0.05) is 74.5 Å². The largest absolute Gasteiger partial charge is 0.445 e. The minimum Gasteiger partial charge on any atom is -0.445 e. The van der Waals surface area contributed by atoms with Gasteiger partial charge in [-0.05, 0) is 29.9 Å². The van der Waals surface area contributed by atoms with E-state index >= 15 is 0 Å². The lowest BCUT2D eigenvalue weighted by molar-refractivity contribution is -0.212. The Kier molecular flexibility index (Phi) is 9.72. The standard InChI is InChI=1S/C24H29F3N2O4/c1-16(2)20(29-23(32)33-15-18-11-7-4-8-12-18)22(31)28-19(21(30)24(25,26)27)14-13-17-9-5-3-6-10-17/h3-12,16,19-21,30H,13-15H2,1-2H3,(H,28,31)(H,29,32)/t19-,20-,21-/m0/s1. The molecular weight excluding hydrogens is 437 g/mol. The van der Waals surface area contributed by atoms with Crippen LogP contribution in [-0.4, -0.2) is 41.5 Å². The first-order valence-electron chi connectivity index (χ1n) is 10.6. The van der Waals surface area contributed by atoms with Gasteiger partial charge in [0.25, 0.3) is 0 Å². The summed E-state index contributed by atoms with van der Waals surface area (Å²) in [6.07, 6.45) is -8.45. The molecule has 0 spiro atoms. The van der Waals surface area contributed by atoms with Gasteiger partial charge in [0.05, 0.1) is 6.04 Å². The third-order valence-electron chi connectivity index (χ3n) is 5.07. The van der Waals surface area contributed by atoms with Crippen LogP contribution >= 0.6 is 0 Å². The molecule has 0 radical (unpaired) electrons. The van der Waals surface area contributed by atoms with Crippen molar-refractivity contribution in [3.05, 3.63) is 71.8 Å². The number of amides is 2. The molecule has 0 fully saturated rings. The molecule has 180 valence electrons. The lowest BCUT2D eigenvalue weighted by atomic mass is 9.98. The number of carbonyl (C=O) groups is 2. The van der Waals surface area contributed by atoms with Gasteiger partial charge < -0.3 is 20.5 Å². The van der Waals surface area contributed by atoms with E-state index < -0.39 is 42.3 Å². The lowest BCUT2D eigenvalue weighted by Gasteiger charge is -2.29. The molecule has 0 aromatic heterocycles. The van der Waals surface area contributed by atoms with Crippen LogP contribution in [-0.2, 0) is 22.6 Å². The SMILES string of the molecule is CC(C)[C@H](NC(=O)OCc1ccccc1)C(=O)N[C@@H](CCc1ccccc1)[C@H](O)C(F)(F)F. The highest BCUT2D eigenvalue weighted by Gasteiger charge is 2.44. The van der Waals surface area contributed by atoms with E-state index in [1.54, 1.807) is 68.4 Å². The Hall–Kier alpha value is -3.07. The van der Waals surface area contributed by atoms with Crippen molar-refractivity contribution in [1.29, 1.82) is 0 Å². The molecule has 0 saturated carbocycles. The van der Waals surface area contributed by atoms with Crippen LogP contribution in [0.1, 0.15) is 31.4 Å². The number of halogens is 3. The Morgan fingerprint density at radius 2 is 1.48 bits per heavy atom. The van der Waals surface area contributed by atoms with Gasteiger partial charge in [0.1, 0.15) is 12.6 Å². The zero-order valence-electron chi connectivity index (χ0n) is 18.5. The van der Waals surface area contributed by atoms with Gasteiger partial charge in [0.2, 0.25) is 5.91 Å². The van der Waals surface area contributed by atoms with E-state index in [0.29, 0.717) is 0 Å².